The number of nitrogens with two attached hydrogens (primary N) is 1. The van der Waals surface area contributed by atoms with Crippen molar-refractivity contribution in [3.8, 4) is 11.5 Å². The number of methoxy groups -OCH3 is 1. The van der Waals surface area contributed by atoms with E-state index < -0.39 is 5.97 Å². The van der Waals surface area contributed by atoms with Gasteiger partial charge in [-0.15, -0.1) is 0 Å². The van der Waals surface area contributed by atoms with E-state index in [1.165, 1.54) is 13.4 Å². The van der Waals surface area contributed by atoms with Gasteiger partial charge in [-0.3, -0.25) is 0 Å². The molecule has 7 nitrogen and oxygen atoms in total. The molecule has 0 saturated carbocycles. The number of nitrogens with zero attached hydrogens (tertiary/aromatic N) is 4. The molecule has 0 aromatic carbocycles. The van der Waals surface area contributed by atoms with Crippen molar-refractivity contribution in [1.29, 1.82) is 0 Å². The van der Waals surface area contributed by atoms with E-state index in [0.717, 1.165) is 0 Å². The molecular weight excluding hydrogens is 234 g/mol. The molecule has 0 bridgehead atoms. The van der Waals surface area contributed by atoms with Crippen molar-refractivity contribution in [2.75, 3.05) is 12.8 Å². The number of anilines is 1. The maximum absolute atomic E-state index is 11.5. The number of carbonyl (C=O) groups excluding carboxylic acids is 1. The summed E-state index contributed by atoms with van der Waals surface area (Å²) in [6.45, 7) is 1.66. The van der Waals surface area contributed by atoms with Gasteiger partial charge in [0.2, 0.25) is 0 Å². The second kappa shape index (κ2) is 4.74. The van der Waals surface area contributed by atoms with E-state index in [4.69, 9.17) is 5.73 Å². The summed E-state index contributed by atoms with van der Waals surface area (Å²) in [4.78, 5) is 27.6. The molecule has 0 fully saturated rings. The number of ether oxygens (including phenoxy) is 1. The Balaban J connectivity index is 2.53. The number of hydrogen-bond acceptors (Lipinski definition) is 7. The zero-order valence-electron chi connectivity index (χ0n) is 9.91. The van der Waals surface area contributed by atoms with Gasteiger partial charge in [0.25, 0.3) is 0 Å². The third-order valence-corrected chi connectivity index (χ3v) is 2.32. The number of esters is 1. The van der Waals surface area contributed by atoms with Crippen LogP contribution >= 0.6 is 0 Å². The molecule has 2 aromatic rings. The molecule has 2 heterocycles. The zero-order valence-corrected chi connectivity index (χ0v) is 9.91. The largest absolute Gasteiger partial charge is 0.465 e. The third kappa shape index (κ3) is 2.10. The summed E-state index contributed by atoms with van der Waals surface area (Å²) in [5.41, 5.74) is 6.90. The van der Waals surface area contributed by atoms with Crippen LogP contribution in [0.4, 0.5) is 5.82 Å². The number of rotatable bonds is 2. The summed E-state index contributed by atoms with van der Waals surface area (Å²) >= 11 is 0. The van der Waals surface area contributed by atoms with Gasteiger partial charge in [-0.1, -0.05) is 0 Å². The highest BCUT2D eigenvalue weighted by Crippen LogP contribution is 2.19. The monoisotopic (exact) mass is 245 g/mol. The Kier molecular flexibility index (Phi) is 3.13. The molecule has 0 saturated heterocycles. The predicted octanol–water partition coefficient (Wildman–Crippen LogP) is 0.611. The molecule has 7 heteroatoms. The Morgan fingerprint density at radius 3 is 2.72 bits per heavy atom. The van der Waals surface area contributed by atoms with Crippen molar-refractivity contribution >= 4 is 11.8 Å². The van der Waals surface area contributed by atoms with Gasteiger partial charge < -0.3 is 10.5 Å². The molecule has 2 rings (SSSR count). The van der Waals surface area contributed by atoms with Crippen molar-refractivity contribution in [2.45, 2.75) is 6.92 Å². The molecule has 0 radical (unpaired) electrons. The fraction of sp³-hybridized carbons (Fsp3) is 0.182. The minimum atomic E-state index is -0.556. The molecule has 0 aliphatic rings. The molecule has 2 aromatic heterocycles. The van der Waals surface area contributed by atoms with Crippen molar-refractivity contribution in [3.63, 3.8) is 0 Å². The fourth-order valence-corrected chi connectivity index (χ4v) is 1.49. The predicted molar refractivity (Wildman–Crippen MR) is 63.5 cm³/mol. The lowest BCUT2D eigenvalue weighted by molar-refractivity contribution is 0.0600. The highest BCUT2D eigenvalue weighted by molar-refractivity contribution is 5.95. The quantitative estimate of drug-likeness (QED) is 0.773. The highest BCUT2D eigenvalue weighted by atomic mass is 16.5. The van der Waals surface area contributed by atoms with E-state index >= 15 is 0 Å². The first-order chi connectivity index (χ1) is 8.63. The molecule has 0 aliphatic carbocycles. The van der Waals surface area contributed by atoms with Gasteiger partial charge in [0, 0.05) is 6.20 Å². The van der Waals surface area contributed by atoms with Gasteiger partial charge in [0.05, 0.1) is 12.8 Å². The van der Waals surface area contributed by atoms with Crippen molar-refractivity contribution in [3.05, 3.63) is 29.8 Å². The van der Waals surface area contributed by atoms with E-state index in [2.05, 4.69) is 24.7 Å². The minimum Gasteiger partial charge on any atom is -0.465 e. The lowest BCUT2D eigenvalue weighted by atomic mass is 10.2. The molecular formula is C11H11N5O2. The summed E-state index contributed by atoms with van der Waals surface area (Å²) < 4.78 is 4.62. The first-order valence-corrected chi connectivity index (χ1v) is 5.12. The van der Waals surface area contributed by atoms with Crippen LogP contribution in [0.2, 0.25) is 0 Å². The summed E-state index contributed by atoms with van der Waals surface area (Å²) in [5, 5.41) is 0. The van der Waals surface area contributed by atoms with Crippen LogP contribution in [0.3, 0.4) is 0 Å². The number of aryl methyl sites for hydroxylation is 1. The Morgan fingerprint density at radius 2 is 2.17 bits per heavy atom. The lowest BCUT2D eigenvalue weighted by Crippen LogP contribution is -2.12. The van der Waals surface area contributed by atoms with Gasteiger partial charge >= 0.3 is 5.97 Å². The van der Waals surface area contributed by atoms with Crippen LogP contribution in [0, 0.1) is 6.92 Å². The average molecular weight is 245 g/mol. The molecule has 18 heavy (non-hydrogen) atoms. The van der Waals surface area contributed by atoms with Crippen molar-refractivity contribution in [1.82, 2.24) is 19.9 Å². The summed E-state index contributed by atoms with van der Waals surface area (Å²) in [6.07, 6.45) is 2.96. The van der Waals surface area contributed by atoms with Crippen LogP contribution in [-0.2, 0) is 4.74 Å². The van der Waals surface area contributed by atoms with Crippen LogP contribution in [-0.4, -0.2) is 33.0 Å². The Morgan fingerprint density at radius 1 is 1.39 bits per heavy atom. The number of carbonyl (C=O) groups is 1. The maximum Gasteiger partial charge on any atom is 0.343 e. The van der Waals surface area contributed by atoms with Gasteiger partial charge in [0.15, 0.2) is 5.82 Å². The first kappa shape index (κ1) is 11.9. The van der Waals surface area contributed by atoms with Crippen LogP contribution in [0.25, 0.3) is 11.5 Å². The third-order valence-electron chi connectivity index (χ3n) is 2.32. The average Bonchev–Trinajstić information content (AvgIpc) is 2.38. The molecule has 0 atom stereocenters. The maximum atomic E-state index is 11.5. The number of hydrogen-bond donors (Lipinski definition) is 1. The highest BCUT2D eigenvalue weighted by Gasteiger charge is 2.18. The van der Waals surface area contributed by atoms with Crippen molar-refractivity contribution < 1.29 is 9.53 Å². The Labute approximate surface area is 103 Å². The van der Waals surface area contributed by atoms with Gasteiger partial charge in [-0.25, -0.2) is 24.7 Å². The Bertz CT molecular complexity index is 562. The lowest BCUT2D eigenvalue weighted by Gasteiger charge is -2.08. The van der Waals surface area contributed by atoms with Gasteiger partial charge in [-0.05, 0) is 13.0 Å². The molecule has 0 spiro atoms. The van der Waals surface area contributed by atoms with Crippen molar-refractivity contribution in [2.24, 2.45) is 0 Å². The Hall–Kier alpha value is -2.57. The summed E-state index contributed by atoms with van der Waals surface area (Å²) in [5.74, 6) is -0.137. The zero-order chi connectivity index (χ0) is 13.1. The minimum absolute atomic E-state index is 0.0722. The van der Waals surface area contributed by atoms with E-state index in [1.54, 1.807) is 19.2 Å². The normalized spacial score (nSPS) is 10.1. The van der Waals surface area contributed by atoms with Gasteiger partial charge in [0.1, 0.15) is 23.4 Å². The molecule has 0 aliphatic heterocycles. The standard InChI is InChI=1S/C11H11N5O2/c1-6-8(11(17)18-2)9(12)16-10(15-6)7-3-4-13-5-14-7/h3-5H,1-2H3,(H2,12,15,16). The van der Waals surface area contributed by atoms with Crippen LogP contribution in [0.15, 0.2) is 18.6 Å². The van der Waals surface area contributed by atoms with Crippen LogP contribution in [0.5, 0.6) is 0 Å². The number of aromatic nitrogens is 4. The summed E-state index contributed by atoms with van der Waals surface area (Å²) in [6, 6.07) is 1.66. The first-order valence-electron chi connectivity index (χ1n) is 5.12. The van der Waals surface area contributed by atoms with E-state index in [-0.39, 0.29) is 11.4 Å². The second-order valence-corrected chi connectivity index (χ2v) is 3.48. The van der Waals surface area contributed by atoms with E-state index in [1.807, 2.05) is 0 Å². The number of nitrogen functional groups attached to an aromatic ring is 1. The topological polar surface area (TPSA) is 104 Å². The van der Waals surface area contributed by atoms with Crippen LogP contribution in [0.1, 0.15) is 16.1 Å². The summed E-state index contributed by atoms with van der Waals surface area (Å²) in [7, 11) is 1.28. The molecule has 0 amide bonds. The van der Waals surface area contributed by atoms with Crippen LogP contribution < -0.4 is 5.73 Å². The molecule has 2 N–H and O–H groups in total. The fourth-order valence-electron chi connectivity index (χ4n) is 1.49. The van der Waals surface area contributed by atoms with E-state index in [9.17, 15) is 4.79 Å². The smallest absolute Gasteiger partial charge is 0.343 e. The molecule has 92 valence electrons. The SMILES string of the molecule is COC(=O)c1c(C)nc(-c2ccncn2)nc1N. The second-order valence-electron chi connectivity index (χ2n) is 3.48. The molecule has 0 unspecified atom stereocenters. The van der Waals surface area contributed by atoms with E-state index in [0.29, 0.717) is 17.2 Å². The van der Waals surface area contributed by atoms with Gasteiger partial charge in [-0.2, -0.15) is 0 Å².